The normalized spacial score (nSPS) is 34.9. The fourth-order valence-corrected chi connectivity index (χ4v) is 2.09. The smallest absolute Gasteiger partial charge is 0.227 e. The van der Waals surface area contributed by atoms with Gasteiger partial charge in [-0.25, -0.2) is 0 Å². The van der Waals surface area contributed by atoms with Crippen LogP contribution in [0.3, 0.4) is 0 Å². The van der Waals surface area contributed by atoms with Crippen LogP contribution >= 0.6 is 0 Å². The predicted molar refractivity (Wildman–Crippen MR) is 59.2 cm³/mol. The first-order chi connectivity index (χ1) is 7.71. The molecule has 0 aromatic carbocycles. The van der Waals surface area contributed by atoms with Gasteiger partial charge in [0, 0.05) is 13.1 Å². The van der Waals surface area contributed by atoms with Crippen molar-refractivity contribution < 1.29 is 14.3 Å². The molecule has 5 heteroatoms. The van der Waals surface area contributed by atoms with E-state index in [-0.39, 0.29) is 17.4 Å². The summed E-state index contributed by atoms with van der Waals surface area (Å²) in [5.41, 5.74) is -0.254. The van der Waals surface area contributed by atoms with Gasteiger partial charge in [-0.2, -0.15) is 0 Å². The second-order valence-electron chi connectivity index (χ2n) is 4.77. The molecule has 0 aromatic rings. The van der Waals surface area contributed by atoms with Gasteiger partial charge >= 0.3 is 0 Å². The molecule has 2 N–H and O–H groups in total. The van der Waals surface area contributed by atoms with Crippen LogP contribution in [-0.2, 0) is 14.3 Å². The van der Waals surface area contributed by atoms with Gasteiger partial charge in [0.15, 0.2) is 0 Å². The quantitative estimate of drug-likeness (QED) is 0.685. The van der Waals surface area contributed by atoms with Crippen LogP contribution < -0.4 is 10.6 Å². The standard InChI is InChI=1S/C11H20N2O3/c1-11(2-3-12-8-11)10(14)13-6-9-7-15-4-5-16-9/h9,12H,2-8H2,1H3,(H,13,14). The summed E-state index contributed by atoms with van der Waals surface area (Å²) in [4.78, 5) is 12.0. The van der Waals surface area contributed by atoms with Crippen molar-refractivity contribution in [1.82, 2.24) is 10.6 Å². The molecule has 2 fully saturated rings. The SMILES string of the molecule is CC1(C(=O)NCC2COCCO2)CCNC1. The zero-order chi connectivity index (χ0) is 11.4. The van der Waals surface area contributed by atoms with Crippen LogP contribution in [0.15, 0.2) is 0 Å². The Hall–Kier alpha value is -0.650. The highest BCUT2D eigenvalue weighted by molar-refractivity contribution is 5.82. The lowest BCUT2D eigenvalue weighted by molar-refractivity contribution is -0.131. The van der Waals surface area contributed by atoms with Gasteiger partial charge in [0.05, 0.1) is 31.3 Å². The first-order valence-corrected chi connectivity index (χ1v) is 5.89. The van der Waals surface area contributed by atoms with Crippen molar-refractivity contribution in [3.8, 4) is 0 Å². The minimum Gasteiger partial charge on any atom is -0.376 e. The maximum absolute atomic E-state index is 12.0. The number of rotatable bonds is 3. The Bertz CT molecular complexity index is 246. The van der Waals surface area contributed by atoms with E-state index in [4.69, 9.17) is 9.47 Å². The molecule has 0 spiro atoms. The van der Waals surface area contributed by atoms with Crippen molar-refractivity contribution in [2.24, 2.45) is 5.41 Å². The molecule has 2 atom stereocenters. The predicted octanol–water partition coefficient (Wildman–Crippen LogP) is -0.482. The van der Waals surface area contributed by atoms with Crippen molar-refractivity contribution in [2.45, 2.75) is 19.4 Å². The molecule has 2 aliphatic rings. The lowest BCUT2D eigenvalue weighted by atomic mass is 9.89. The van der Waals surface area contributed by atoms with Crippen LogP contribution in [0.1, 0.15) is 13.3 Å². The molecular formula is C11H20N2O3. The van der Waals surface area contributed by atoms with E-state index in [1.807, 2.05) is 6.92 Å². The van der Waals surface area contributed by atoms with Gasteiger partial charge in [-0.3, -0.25) is 4.79 Å². The fraction of sp³-hybridized carbons (Fsp3) is 0.909. The van der Waals surface area contributed by atoms with Gasteiger partial charge in [-0.05, 0) is 19.9 Å². The number of ether oxygens (including phenoxy) is 2. The second kappa shape index (κ2) is 5.12. The highest BCUT2D eigenvalue weighted by atomic mass is 16.6. The monoisotopic (exact) mass is 228 g/mol. The van der Waals surface area contributed by atoms with Gasteiger partial charge in [0.1, 0.15) is 0 Å². The molecule has 2 aliphatic heterocycles. The summed E-state index contributed by atoms with van der Waals surface area (Å²) >= 11 is 0. The summed E-state index contributed by atoms with van der Waals surface area (Å²) in [6, 6.07) is 0. The van der Waals surface area contributed by atoms with Crippen LogP contribution in [0.4, 0.5) is 0 Å². The zero-order valence-corrected chi connectivity index (χ0v) is 9.75. The lowest BCUT2D eigenvalue weighted by Gasteiger charge is -2.26. The molecule has 2 rings (SSSR count). The molecule has 1 amide bonds. The third-order valence-electron chi connectivity index (χ3n) is 3.29. The van der Waals surface area contributed by atoms with Crippen molar-refractivity contribution in [3.63, 3.8) is 0 Å². The van der Waals surface area contributed by atoms with Crippen LogP contribution in [0, 0.1) is 5.41 Å². The summed E-state index contributed by atoms with van der Waals surface area (Å²) in [7, 11) is 0. The Morgan fingerprint density at radius 2 is 2.44 bits per heavy atom. The molecule has 2 unspecified atom stereocenters. The first-order valence-electron chi connectivity index (χ1n) is 5.89. The molecule has 0 aromatic heterocycles. The molecule has 0 bridgehead atoms. The van der Waals surface area contributed by atoms with E-state index in [1.54, 1.807) is 0 Å². The van der Waals surface area contributed by atoms with E-state index >= 15 is 0 Å². The Morgan fingerprint density at radius 3 is 3.06 bits per heavy atom. The summed E-state index contributed by atoms with van der Waals surface area (Å²) in [6.07, 6.45) is 0.914. The maximum Gasteiger partial charge on any atom is 0.227 e. The first kappa shape index (κ1) is 11.8. The highest BCUT2D eigenvalue weighted by Crippen LogP contribution is 2.24. The van der Waals surface area contributed by atoms with E-state index in [1.165, 1.54) is 0 Å². The lowest BCUT2D eigenvalue weighted by Crippen LogP contribution is -2.45. The fourth-order valence-electron chi connectivity index (χ4n) is 2.09. The number of carbonyl (C=O) groups is 1. The Balaban J connectivity index is 1.74. The van der Waals surface area contributed by atoms with Crippen molar-refractivity contribution >= 4 is 5.91 Å². The molecule has 0 radical (unpaired) electrons. The van der Waals surface area contributed by atoms with E-state index in [0.29, 0.717) is 26.4 Å². The van der Waals surface area contributed by atoms with Gasteiger partial charge < -0.3 is 20.1 Å². The van der Waals surface area contributed by atoms with E-state index in [0.717, 1.165) is 19.5 Å². The average molecular weight is 228 g/mol. The third-order valence-corrected chi connectivity index (χ3v) is 3.29. The van der Waals surface area contributed by atoms with Crippen molar-refractivity contribution in [2.75, 3.05) is 39.5 Å². The van der Waals surface area contributed by atoms with Crippen molar-refractivity contribution in [3.05, 3.63) is 0 Å². The molecule has 0 saturated carbocycles. The average Bonchev–Trinajstić information content (AvgIpc) is 2.76. The van der Waals surface area contributed by atoms with Gasteiger partial charge in [0.2, 0.25) is 5.91 Å². The Morgan fingerprint density at radius 1 is 1.56 bits per heavy atom. The number of nitrogens with one attached hydrogen (secondary N) is 2. The van der Waals surface area contributed by atoms with E-state index in [2.05, 4.69) is 10.6 Å². The summed E-state index contributed by atoms with van der Waals surface area (Å²) in [6.45, 7) is 6.10. The number of carbonyl (C=O) groups excluding carboxylic acids is 1. The summed E-state index contributed by atoms with van der Waals surface area (Å²) < 4.78 is 10.7. The van der Waals surface area contributed by atoms with Crippen LogP contribution in [0.5, 0.6) is 0 Å². The topological polar surface area (TPSA) is 59.6 Å². The van der Waals surface area contributed by atoms with Gasteiger partial charge in [-0.15, -0.1) is 0 Å². The van der Waals surface area contributed by atoms with Crippen molar-refractivity contribution in [1.29, 1.82) is 0 Å². The molecular weight excluding hydrogens is 208 g/mol. The summed E-state index contributed by atoms with van der Waals surface area (Å²) in [5, 5.41) is 6.17. The van der Waals surface area contributed by atoms with Crippen LogP contribution in [-0.4, -0.2) is 51.5 Å². The highest BCUT2D eigenvalue weighted by Gasteiger charge is 2.36. The Kier molecular flexibility index (Phi) is 3.78. The second-order valence-corrected chi connectivity index (χ2v) is 4.77. The van der Waals surface area contributed by atoms with E-state index < -0.39 is 0 Å². The number of hydrogen-bond donors (Lipinski definition) is 2. The van der Waals surface area contributed by atoms with Gasteiger partial charge in [-0.1, -0.05) is 0 Å². The maximum atomic E-state index is 12.0. The molecule has 92 valence electrons. The minimum atomic E-state index is -0.254. The minimum absolute atomic E-state index is 0.00987. The molecule has 2 saturated heterocycles. The number of hydrogen-bond acceptors (Lipinski definition) is 4. The largest absolute Gasteiger partial charge is 0.376 e. The molecule has 5 nitrogen and oxygen atoms in total. The van der Waals surface area contributed by atoms with Crippen LogP contribution in [0.25, 0.3) is 0 Å². The summed E-state index contributed by atoms with van der Waals surface area (Å²) in [5.74, 6) is 0.117. The molecule has 0 aliphatic carbocycles. The van der Waals surface area contributed by atoms with E-state index in [9.17, 15) is 4.79 Å². The van der Waals surface area contributed by atoms with Crippen LogP contribution in [0.2, 0.25) is 0 Å². The zero-order valence-electron chi connectivity index (χ0n) is 9.75. The molecule has 2 heterocycles. The Labute approximate surface area is 95.9 Å². The number of amides is 1. The molecule has 16 heavy (non-hydrogen) atoms. The third kappa shape index (κ3) is 2.72. The van der Waals surface area contributed by atoms with Gasteiger partial charge in [0.25, 0.3) is 0 Å².